The van der Waals surface area contributed by atoms with Gasteiger partial charge in [-0.15, -0.1) is 0 Å². The van der Waals surface area contributed by atoms with E-state index in [0.29, 0.717) is 12.6 Å². The first-order chi connectivity index (χ1) is 9.86. The van der Waals surface area contributed by atoms with Crippen molar-refractivity contribution in [3.63, 3.8) is 0 Å². The summed E-state index contributed by atoms with van der Waals surface area (Å²) >= 11 is 0. The molecule has 0 radical (unpaired) electrons. The quantitative estimate of drug-likeness (QED) is 0.895. The van der Waals surface area contributed by atoms with Crippen molar-refractivity contribution in [1.82, 2.24) is 5.32 Å². The maximum atomic E-state index is 6.03. The van der Waals surface area contributed by atoms with Gasteiger partial charge in [-0.1, -0.05) is 12.1 Å². The molecule has 2 saturated heterocycles. The van der Waals surface area contributed by atoms with Gasteiger partial charge in [0.25, 0.3) is 0 Å². The molecule has 2 aliphatic rings. The smallest absolute Gasteiger partial charge is 0.163 e. The summed E-state index contributed by atoms with van der Waals surface area (Å²) < 4.78 is 17.0. The van der Waals surface area contributed by atoms with Gasteiger partial charge in [0.05, 0.1) is 20.3 Å². The van der Waals surface area contributed by atoms with Crippen LogP contribution in [0.3, 0.4) is 0 Å². The molecule has 4 nitrogen and oxygen atoms in total. The number of benzene rings is 1. The zero-order valence-corrected chi connectivity index (χ0v) is 12.1. The van der Waals surface area contributed by atoms with E-state index >= 15 is 0 Å². The average molecular weight is 277 g/mol. The van der Waals surface area contributed by atoms with Crippen LogP contribution in [-0.2, 0) is 11.2 Å². The SMILES string of the molecule is COc1c(CC2CCCN2)cccc1OC1CCOC1. The van der Waals surface area contributed by atoms with E-state index < -0.39 is 0 Å². The van der Waals surface area contributed by atoms with Crippen molar-refractivity contribution in [3.8, 4) is 11.5 Å². The van der Waals surface area contributed by atoms with E-state index in [1.165, 1.54) is 18.4 Å². The fourth-order valence-electron chi connectivity index (χ4n) is 3.03. The summed E-state index contributed by atoms with van der Waals surface area (Å²) in [7, 11) is 1.72. The number of hydrogen-bond donors (Lipinski definition) is 1. The molecule has 2 unspecified atom stereocenters. The van der Waals surface area contributed by atoms with Crippen LogP contribution in [0.2, 0.25) is 0 Å². The van der Waals surface area contributed by atoms with Gasteiger partial charge >= 0.3 is 0 Å². The Kier molecular flexibility index (Phi) is 4.43. The van der Waals surface area contributed by atoms with Gasteiger partial charge in [0.2, 0.25) is 0 Å². The van der Waals surface area contributed by atoms with Gasteiger partial charge in [-0.05, 0) is 37.4 Å². The van der Waals surface area contributed by atoms with Crippen molar-refractivity contribution in [1.29, 1.82) is 0 Å². The number of methoxy groups -OCH3 is 1. The van der Waals surface area contributed by atoms with Crippen LogP contribution in [0.1, 0.15) is 24.8 Å². The molecule has 2 heterocycles. The molecule has 2 fully saturated rings. The van der Waals surface area contributed by atoms with Crippen molar-refractivity contribution in [2.75, 3.05) is 26.9 Å². The van der Waals surface area contributed by atoms with Gasteiger partial charge in [0, 0.05) is 12.5 Å². The molecule has 0 aromatic heterocycles. The summed E-state index contributed by atoms with van der Waals surface area (Å²) in [6, 6.07) is 6.74. The second-order valence-electron chi connectivity index (χ2n) is 5.55. The Morgan fingerprint density at radius 1 is 1.35 bits per heavy atom. The zero-order valence-electron chi connectivity index (χ0n) is 12.1. The summed E-state index contributed by atoms with van der Waals surface area (Å²) in [6.45, 7) is 2.60. The second kappa shape index (κ2) is 6.46. The Balaban J connectivity index is 1.75. The van der Waals surface area contributed by atoms with Crippen LogP contribution in [0.4, 0.5) is 0 Å². The molecule has 1 aromatic rings. The lowest BCUT2D eigenvalue weighted by molar-refractivity contribution is 0.138. The number of ether oxygens (including phenoxy) is 3. The molecule has 2 atom stereocenters. The van der Waals surface area contributed by atoms with E-state index in [1.54, 1.807) is 7.11 Å². The highest BCUT2D eigenvalue weighted by atomic mass is 16.6. The second-order valence-corrected chi connectivity index (χ2v) is 5.55. The maximum Gasteiger partial charge on any atom is 0.163 e. The summed E-state index contributed by atoms with van der Waals surface area (Å²) in [6.07, 6.45) is 4.62. The molecule has 0 bridgehead atoms. The van der Waals surface area contributed by atoms with Gasteiger partial charge < -0.3 is 19.5 Å². The van der Waals surface area contributed by atoms with Gasteiger partial charge in [0.1, 0.15) is 6.10 Å². The van der Waals surface area contributed by atoms with Crippen molar-refractivity contribution >= 4 is 0 Å². The summed E-state index contributed by atoms with van der Waals surface area (Å²) in [5.41, 5.74) is 1.23. The minimum Gasteiger partial charge on any atom is -0.493 e. The average Bonchev–Trinajstić information content (AvgIpc) is 3.13. The molecule has 20 heavy (non-hydrogen) atoms. The minimum absolute atomic E-state index is 0.156. The zero-order chi connectivity index (χ0) is 13.8. The van der Waals surface area contributed by atoms with Crippen LogP contribution in [-0.4, -0.2) is 39.0 Å². The standard InChI is InChI=1S/C16H23NO3/c1-18-16-12(10-13-5-3-8-17-13)4-2-6-15(16)20-14-7-9-19-11-14/h2,4,6,13-14,17H,3,5,7-11H2,1H3. The van der Waals surface area contributed by atoms with Crippen LogP contribution < -0.4 is 14.8 Å². The normalized spacial score (nSPS) is 25.9. The predicted octanol–water partition coefficient (Wildman–Crippen LogP) is 2.16. The van der Waals surface area contributed by atoms with Crippen LogP contribution in [0.25, 0.3) is 0 Å². The summed E-state index contributed by atoms with van der Waals surface area (Å²) in [5, 5.41) is 3.53. The topological polar surface area (TPSA) is 39.7 Å². The molecule has 0 spiro atoms. The number of rotatable bonds is 5. The molecular formula is C16H23NO3. The van der Waals surface area contributed by atoms with Crippen molar-refractivity contribution in [3.05, 3.63) is 23.8 Å². The third kappa shape index (κ3) is 3.07. The maximum absolute atomic E-state index is 6.03. The number of hydrogen-bond acceptors (Lipinski definition) is 4. The molecule has 1 N–H and O–H groups in total. The lowest BCUT2D eigenvalue weighted by Crippen LogP contribution is -2.24. The third-order valence-electron chi connectivity index (χ3n) is 4.07. The van der Waals surface area contributed by atoms with E-state index in [9.17, 15) is 0 Å². The molecule has 0 amide bonds. The van der Waals surface area contributed by atoms with E-state index in [2.05, 4.69) is 17.4 Å². The fraction of sp³-hybridized carbons (Fsp3) is 0.625. The highest BCUT2D eigenvalue weighted by Crippen LogP contribution is 2.34. The monoisotopic (exact) mass is 277 g/mol. The van der Waals surface area contributed by atoms with Crippen LogP contribution in [0.15, 0.2) is 18.2 Å². The largest absolute Gasteiger partial charge is 0.493 e. The Hall–Kier alpha value is -1.26. The van der Waals surface area contributed by atoms with Crippen molar-refractivity contribution < 1.29 is 14.2 Å². The van der Waals surface area contributed by atoms with Crippen molar-refractivity contribution in [2.24, 2.45) is 0 Å². The Labute approximate surface area is 120 Å². The van der Waals surface area contributed by atoms with Crippen LogP contribution >= 0.6 is 0 Å². The summed E-state index contributed by atoms with van der Waals surface area (Å²) in [5.74, 6) is 1.73. The fourth-order valence-corrected chi connectivity index (χ4v) is 3.03. The molecule has 2 aliphatic heterocycles. The molecular weight excluding hydrogens is 254 g/mol. The lowest BCUT2D eigenvalue weighted by Gasteiger charge is -2.19. The molecule has 4 heteroatoms. The number of para-hydroxylation sites is 1. The van der Waals surface area contributed by atoms with E-state index in [0.717, 1.165) is 37.5 Å². The van der Waals surface area contributed by atoms with Gasteiger partial charge in [-0.2, -0.15) is 0 Å². The molecule has 110 valence electrons. The first-order valence-electron chi connectivity index (χ1n) is 7.50. The Bertz CT molecular complexity index is 401. The molecule has 0 saturated carbocycles. The van der Waals surface area contributed by atoms with Crippen LogP contribution in [0.5, 0.6) is 11.5 Å². The molecule has 1 aromatic carbocycles. The highest BCUT2D eigenvalue weighted by molar-refractivity contribution is 5.47. The van der Waals surface area contributed by atoms with Gasteiger partial charge in [0.15, 0.2) is 11.5 Å². The first-order valence-corrected chi connectivity index (χ1v) is 7.50. The molecule has 3 rings (SSSR count). The highest BCUT2D eigenvalue weighted by Gasteiger charge is 2.22. The first kappa shape index (κ1) is 13.7. The van der Waals surface area contributed by atoms with Crippen LogP contribution in [0, 0.1) is 0 Å². The summed E-state index contributed by atoms with van der Waals surface area (Å²) in [4.78, 5) is 0. The van der Waals surface area contributed by atoms with E-state index in [1.807, 2.05) is 6.07 Å². The van der Waals surface area contributed by atoms with E-state index in [-0.39, 0.29) is 6.10 Å². The Morgan fingerprint density at radius 2 is 2.30 bits per heavy atom. The van der Waals surface area contributed by atoms with E-state index in [4.69, 9.17) is 14.2 Å². The minimum atomic E-state index is 0.156. The van der Waals surface area contributed by atoms with Crippen molar-refractivity contribution in [2.45, 2.75) is 37.8 Å². The third-order valence-corrected chi connectivity index (χ3v) is 4.07. The Morgan fingerprint density at radius 3 is 3.00 bits per heavy atom. The van der Waals surface area contributed by atoms with Gasteiger partial charge in [-0.3, -0.25) is 0 Å². The van der Waals surface area contributed by atoms with Gasteiger partial charge in [-0.25, -0.2) is 0 Å². The predicted molar refractivity (Wildman–Crippen MR) is 77.6 cm³/mol. The number of nitrogens with one attached hydrogen (secondary N) is 1. The molecule has 0 aliphatic carbocycles. The lowest BCUT2D eigenvalue weighted by atomic mass is 10.0.